The first-order valence-corrected chi connectivity index (χ1v) is 8.94. The average Bonchev–Trinajstić information content (AvgIpc) is 2.69. The lowest BCUT2D eigenvalue weighted by molar-refractivity contribution is 0.562. The summed E-state index contributed by atoms with van der Waals surface area (Å²) in [6, 6.07) is 26.2. The molecule has 0 saturated heterocycles. The van der Waals surface area contributed by atoms with Gasteiger partial charge in [-0.3, -0.25) is 0 Å². The quantitative estimate of drug-likeness (QED) is 0.452. The molecule has 26 heavy (non-hydrogen) atoms. The van der Waals surface area contributed by atoms with Crippen LogP contribution in [0.2, 0.25) is 0 Å². The number of para-hydroxylation sites is 1. The molecule has 2 nitrogen and oxygen atoms in total. The standard InChI is InChI=1S/C24H20O2/c1-2-17-12-14-18(15-13-17)16-21-20-10-6-7-11-22(20)26-24(25)23(21)19-8-4-3-5-9-19/h3-15H,2,16H2,1H3. The molecule has 0 atom stereocenters. The van der Waals surface area contributed by atoms with E-state index in [1.54, 1.807) is 0 Å². The summed E-state index contributed by atoms with van der Waals surface area (Å²) in [5.74, 6) is 0. The molecule has 0 spiro atoms. The van der Waals surface area contributed by atoms with Gasteiger partial charge in [0.05, 0.1) is 5.56 Å². The molecule has 4 aromatic rings. The van der Waals surface area contributed by atoms with Crippen molar-refractivity contribution in [1.29, 1.82) is 0 Å². The summed E-state index contributed by atoms with van der Waals surface area (Å²) in [5.41, 5.74) is 5.43. The van der Waals surface area contributed by atoms with Crippen molar-refractivity contribution in [3.8, 4) is 11.1 Å². The highest BCUT2D eigenvalue weighted by atomic mass is 16.4. The highest BCUT2D eigenvalue weighted by Crippen LogP contribution is 2.29. The lowest BCUT2D eigenvalue weighted by Gasteiger charge is -2.12. The molecule has 0 aliphatic carbocycles. The predicted octanol–water partition coefficient (Wildman–Crippen LogP) is 5.61. The number of benzene rings is 3. The van der Waals surface area contributed by atoms with E-state index in [0.29, 0.717) is 17.6 Å². The maximum Gasteiger partial charge on any atom is 0.344 e. The highest BCUT2D eigenvalue weighted by molar-refractivity contribution is 5.87. The first-order valence-electron chi connectivity index (χ1n) is 8.94. The van der Waals surface area contributed by atoms with Gasteiger partial charge in [-0.2, -0.15) is 0 Å². The van der Waals surface area contributed by atoms with Crippen LogP contribution in [0.1, 0.15) is 23.6 Å². The number of rotatable bonds is 4. The molecule has 1 heterocycles. The Hall–Kier alpha value is -3.13. The Labute approximate surface area is 152 Å². The summed E-state index contributed by atoms with van der Waals surface area (Å²) in [4.78, 5) is 12.8. The van der Waals surface area contributed by atoms with Crippen molar-refractivity contribution in [3.63, 3.8) is 0 Å². The van der Waals surface area contributed by atoms with Crippen molar-refractivity contribution in [2.24, 2.45) is 0 Å². The molecule has 0 bridgehead atoms. The van der Waals surface area contributed by atoms with Crippen molar-refractivity contribution in [2.45, 2.75) is 19.8 Å². The lowest BCUT2D eigenvalue weighted by Crippen LogP contribution is -2.08. The van der Waals surface area contributed by atoms with Gasteiger partial charge in [0.1, 0.15) is 5.58 Å². The van der Waals surface area contributed by atoms with Gasteiger partial charge in [-0.25, -0.2) is 4.79 Å². The molecule has 0 amide bonds. The van der Waals surface area contributed by atoms with Gasteiger partial charge in [-0.05, 0) is 41.2 Å². The van der Waals surface area contributed by atoms with E-state index in [1.807, 2.05) is 54.6 Å². The molecule has 0 unspecified atom stereocenters. The molecule has 3 aromatic carbocycles. The third-order valence-corrected chi connectivity index (χ3v) is 4.80. The van der Waals surface area contributed by atoms with E-state index in [-0.39, 0.29) is 5.63 Å². The Bertz CT molecular complexity index is 1090. The van der Waals surface area contributed by atoms with E-state index in [9.17, 15) is 4.79 Å². The molecule has 128 valence electrons. The number of hydrogen-bond acceptors (Lipinski definition) is 2. The summed E-state index contributed by atoms with van der Waals surface area (Å²) in [6.07, 6.45) is 1.72. The Morgan fingerprint density at radius 3 is 2.15 bits per heavy atom. The first kappa shape index (κ1) is 16.3. The molecule has 2 heteroatoms. The minimum absolute atomic E-state index is 0.282. The minimum Gasteiger partial charge on any atom is -0.422 e. The van der Waals surface area contributed by atoms with Crippen LogP contribution in [-0.2, 0) is 12.8 Å². The fourth-order valence-corrected chi connectivity index (χ4v) is 3.39. The second kappa shape index (κ2) is 7.01. The molecule has 0 radical (unpaired) electrons. The van der Waals surface area contributed by atoms with Crippen molar-refractivity contribution in [1.82, 2.24) is 0 Å². The molecule has 0 aliphatic rings. The van der Waals surface area contributed by atoms with Gasteiger partial charge in [0.15, 0.2) is 0 Å². The summed E-state index contributed by atoms with van der Waals surface area (Å²) in [6.45, 7) is 2.15. The Balaban J connectivity index is 1.93. The predicted molar refractivity (Wildman–Crippen MR) is 107 cm³/mol. The zero-order chi connectivity index (χ0) is 17.9. The lowest BCUT2D eigenvalue weighted by atomic mass is 9.93. The van der Waals surface area contributed by atoms with Crippen LogP contribution in [0, 0.1) is 0 Å². The second-order valence-electron chi connectivity index (χ2n) is 6.45. The van der Waals surface area contributed by atoms with Gasteiger partial charge in [-0.1, -0.05) is 79.7 Å². The van der Waals surface area contributed by atoms with Crippen LogP contribution in [0.15, 0.2) is 88.1 Å². The summed E-state index contributed by atoms with van der Waals surface area (Å²) in [7, 11) is 0. The largest absolute Gasteiger partial charge is 0.422 e. The molecule has 0 fully saturated rings. The second-order valence-corrected chi connectivity index (χ2v) is 6.45. The minimum atomic E-state index is -0.282. The van der Waals surface area contributed by atoms with Crippen LogP contribution in [0.4, 0.5) is 0 Å². The van der Waals surface area contributed by atoms with Crippen LogP contribution in [0.3, 0.4) is 0 Å². The van der Waals surface area contributed by atoms with Crippen molar-refractivity contribution < 1.29 is 4.42 Å². The van der Waals surface area contributed by atoms with Gasteiger partial charge in [0, 0.05) is 5.39 Å². The number of hydrogen-bond donors (Lipinski definition) is 0. The molecule has 0 saturated carbocycles. The molecule has 4 rings (SSSR count). The molecular formula is C24H20O2. The van der Waals surface area contributed by atoms with Crippen LogP contribution < -0.4 is 5.63 Å². The first-order chi connectivity index (χ1) is 12.8. The van der Waals surface area contributed by atoms with Crippen LogP contribution in [-0.4, -0.2) is 0 Å². The van der Waals surface area contributed by atoms with E-state index < -0.39 is 0 Å². The van der Waals surface area contributed by atoms with E-state index in [1.165, 1.54) is 11.1 Å². The van der Waals surface area contributed by atoms with Gasteiger partial charge >= 0.3 is 5.63 Å². The molecule has 0 N–H and O–H groups in total. The number of aryl methyl sites for hydroxylation is 1. The van der Waals surface area contributed by atoms with Gasteiger partial charge in [0.2, 0.25) is 0 Å². The fraction of sp³-hybridized carbons (Fsp3) is 0.125. The summed E-state index contributed by atoms with van der Waals surface area (Å²) in [5, 5.41) is 0.991. The van der Waals surface area contributed by atoms with Gasteiger partial charge in [-0.15, -0.1) is 0 Å². The summed E-state index contributed by atoms with van der Waals surface area (Å²) >= 11 is 0. The maximum absolute atomic E-state index is 12.8. The molecule has 0 aliphatic heterocycles. The zero-order valence-electron chi connectivity index (χ0n) is 14.7. The van der Waals surface area contributed by atoms with E-state index in [0.717, 1.165) is 22.9 Å². The molecule has 1 aromatic heterocycles. The van der Waals surface area contributed by atoms with Gasteiger partial charge in [0.25, 0.3) is 0 Å². The summed E-state index contributed by atoms with van der Waals surface area (Å²) < 4.78 is 5.61. The van der Waals surface area contributed by atoms with Crippen molar-refractivity contribution in [3.05, 3.63) is 106 Å². The highest BCUT2D eigenvalue weighted by Gasteiger charge is 2.16. The van der Waals surface area contributed by atoms with E-state index >= 15 is 0 Å². The maximum atomic E-state index is 12.8. The SMILES string of the molecule is CCc1ccc(Cc2c(-c3ccccc3)c(=O)oc3ccccc23)cc1. The monoisotopic (exact) mass is 340 g/mol. The smallest absolute Gasteiger partial charge is 0.344 e. The van der Waals surface area contributed by atoms with Gasteiger partial charge < -0.3 is 4.42 Å². The third kappa shape index (κ3) is 3.06. The van der Waals surface area contributed by atoms with E-state index in [2.05, 4.69) is 31.2 Å². The van der Waals surface area contributed by atoms with Crippen molar-refractivity contribution in [2.75, 3.05) is 0 Å². The Morgan fingerprint density at radius 2 is 1.42 bits per heavy atom. The third-order valence-electron chi connectivity index (χ3n) is 4.80. The fourth-order valence-electron chi connectivity index (χ4n) is 3.39. The zero-order valence-corrected chi connectivity index (χ0v) is 14.7. The number of fused-ring (bicyclic) bond motifs is 1. The normalized spacial score (nSPS) is 11.0. The van der Waals surface area contributed by atoms with Crippen LogP contribution in [0.5, 0.6) is 0 Å². The Kier molecular flexibility index (Phi) is 4.40. The molecular weight excluding hydrogens is 320 g/mol. The van der Waals surface area contributed by atoms with Crippen LogP contribution in [0.25, 0.3) is 22.1 Å². The van der Waals surface area contributed by atoms with Crippen molar-refractivity contribution >= 4 is 11.0 Å². The topological polar surface area (TPSA) is 30.2 Å². The Morgan fingerprint density at radius 1 is 0.769 bits per heavy atom. The van der Waals surface area contributed by atoms with Crippen LogP contribution >= 0.6 is 0 Å². The average molecular weight is 340 g/mol. The van der Waals surface area contributed by atoms with E-state index in [4.69, 9.17) is 4.42 Å².